The molecule has 0 spiro atoms. The first-order valence-corrected chi connectivity index (χ1v) is 9.78. The highest BCUT2D eigenvalue weighted by atomic mass is 16.3. The smallest absolute Gasteiger partial charge is 0.220 e. The van der Waals surface area contributed by atoms with Crippen molar-refractivity contribution in [1.29, 1.82) is 0 Å². The molecule has 1 atom stereocenters. The lowest BCUT2D eigenvalue weighted by atomic mass is 9.87. The molecule has 1 aromatic carbocycles. The maximum Gasteiger partial charge on any atom is 0.220 e. The van der Waals surface area contributed by atoms with Gasteiger partial charge in [0.05, 0.1) is 6.26 Å². The van der Waals surface area contributed by atoms with Crippen LogP contribution in [-0.2, 0) is 22.6 Å². The normalized spacial score (nSPS) is 19.1. The van der Waals surface area contributed by atoms with Crippen molar-refractivity contribution in [2.75, 3.05) is 6.54 Å². The van der Waals surface area contributed by atoms with Crippen LogP contribution in [0.1, 0.15) is 31.4 Å². The van der Waals surface area contributed by atoms with Crippen LogP contribution >= 0.6 is 0 Å². The number of carbonyl (C=O) groups is 2. The number of aromatic nitrogens is 1. The topological polar surface area (TPSA) is 76.3 Å². The first-order chi connectivity index (χ1) is 13.6. The van der Waals surface area contributed by atoms with Crippen LogP contribution < -0.4 is 10.6 Å². The second kappa shape index (κ2) is 7.92. The lowest BCUT2D eigenvalue weighted by molar-refractivity contribution is -0.122. The fourth-order valence-corrected chi connectivity index (χ4v) is 4.02. The quantitative estimate of drug-likeness (QED) is 0.632. The van der Waals surface area contributed by atoms with E-state index in [-0.39, 0.29) is 17.4 Å². The van der Waals surface area contributed by atoms with Crippen LogP contribution in [0.4, 0.5) is 0 Å². The lowest BCUT2D eigenvalue weighted by Gasteiger charge is -2.28. The van der Waals surface area contributed by atoms with Gasteiger partial charge in [-0.1, -0.05) is 18.2 Å². The average Bonchev–Trinajstić information content (AvgIpc) is 3.42. The number of para-hydroxylation sites is 1. The Labute approximate surface area is 163 Å². The predicted molar refractivity (Wildman–Crippen MR) is 107 cm³/mol. The Morgan fingerprint density at radius 1 is 1.21 bits per heavy atom. The average molecular weight is 379 g/mol. The Kier molecular flexibility index (Phi) is 5.19. The van der Waals surface area contributed by atoms with Gasteiger partial charge in [-0.3, -0.25) is 9.59 Å². The molecular formula is C22H25N3O3. The van der Waals surface area contributed by atoms with Crippen LogP contribution in [0.5, 0.6) is 0 Å². The molecule has 3 aromatic rings. The summed E-state index contributed by atoms with van der Waals surface area (Å²) in [6.07, 6.45) is 6.53. The van der Waals surface area contributed by atoms with E-state index in [1.807, 2.05) is 30.5 Å². The van der Waals surface area contributed by atoms with E-state index in [2.05, 4.69) is 33.4 Å². The second-order valence-corrected chi connectivity index (χ2v) is 7.50. The largest absolute Gasteiger partial charge is 0.469 e. The van der Waals surface area contributed by atoms with Crippen LogP contribution in [0.25, 0.3) is 10.9 Å². The van der Waals surface area contributed by atoms with Crippen LogP contribution in [0.15, 0.2) is 59.3 Å². The minimum absolute atomic E-state index is 0.0106. The number of furan rings is 1. The molecule has 2 N–H and O–H groups in total. The zero-order valence-corrected chi connectivity index (χ0v) is 15.8. The number of carbonyl (C=O) groups excluding carboxylic acids is 2. The van der Waals surface area contributed by atoms with Gasteiger partial charge in [-0.2, -0.15) is 0 Å². The lowest BCUT2D eigenvalue weighted by Crippen LogP contribution is -2.44. The van der Waals surface area contributed by atoms with Crippen molar-refractivity contribution < 1.29 is 14.0 Å². The molecule has 0 radical (unpaired) electrons. The number of hydrogen-bond donors (Lipinski definition) is 2. The van der Waals surface area contributed by atoms with Crippen LogP contribution in [-0.4, -0.2) is 28.5 Å². The number of fused-ring (bicyclic) bond motifs is 1. The summed E-state index contributed by atoms with van der Waals surface area (Å²) in [5.41, 5.74) is 0.783. The molecule has 2 amide bonds. The second-order valence-electron chi connectivity index (χ2n) is 7.50. The number of benzene rings is 1. The van der Waals surface area contributed by atoms with E-state index in [0.717, 1.165) is 18.7 Å². The molecule has 0 saturated carbocycles. The Morgan fingerprint density at radius 3 is 2.89 bits per heavy atom. The van der Waals surface area contributed by atoms with Crippen molar-refractivity contribution in [3.63, 3.8) is 0 Å². The van der Waals surface area contributed by atoms with E-state index in [0.29, 0.717) is 32.2 Å². The highest BCUT2D eigenvalue weighted by molar-refractivity contribution is 5.81. The monoisotopic (exact) mass is 379 g/mol. The van der Waals surface area contributed by atoms with Crippen molar-refractivity contribution in [3.8, 4) is 0 Å². The number of amides is 2. The minimum Gasteiger partial charge on any atom is -0.469 e. The van der Waals surface area contributed by atoms with E-state index >= 15 is 0 Å². The molecular weight excluding hydrogens is 354 g/mol. The Bertz CT molecular complexity index is 960. The third-order valence-corrected chi connectivity index (χ3v) is 5.51. The molecule has 6 nitrogen and oxygen atoms in total. The van der Waals surface area contributed by atoms with E-state index < -0.39 is 0 Å². The molecule has 1 fully saturated rings. The van der Waals surface area contributed by atoms with Gasteiger partial charge >= 0.3 is 0 Å². The summed E-state index contributed by atoms with van der Waals surface area (Å²) in [7, 11) is 0. The summed E-state index contributed by atoms with van der Waals surface area (Å²) >= 11 is 0. The number of rotatable bonds is 8. The molecule has 6 heteroatoms. The summed E-state index contributed by atoms with van der Waals surface area (Å²) in [6.45, 7) is 1.31. The van der Waals surface area contributed by atoms with Crippen LogP contribution in [0.2, 0.25) is 0 Å². The molecule has 3 heterocycles. The highest BCUT2D eigenvalue weighted by Gasteiger charge is 2.38. The van der Waals surface area contributed by atoms with Gasteiger partial charge in [-0.15, -0.1) is 0 Å². The maximum absolute atomic E-state index is 12.4. The summed E-state index contributed by atoms with van der Waals surface area (Å²) in [4.78, 5) is 24.2. The third kappa shape index (κ3) is 4.11. The number of hydrogen-bond acceptors (Lipinski definition) is 3. The molecule has 0 bridgehead atoms. The maximum atomic E-state index is 12.4. The molecule has 4 rings (SSSR count). The van der Waals surface area contributed by atoms with Gasteiger partial charge in [0.25, 0.3) is 0 Å². The molecule has 146 valence electrons. The summed E-state index contributed by atoms with van der Waals surface area (Å²) in [5.74, 6) is 0.893. The van der Waals surface area contributed by atoms with Gasteiger partial charge < -0.3 is 19.6 Å². The number of nitrogens with zero attached hydrogens (tertiary/aromatic N) is 1. The molecule has 2 aromatic heterocycles. The summed E-state index contributed by atoms with van der Waals surface area (Å²) < 4.78 is 7.59. The predicted octanol–water partition coefficient (Wildman–Crippen LogP) is 3.02. The molecule has 0 aliphatic carbocycles. The third-order valence-electron chi connectivity index (χ3n) is 5.51. The van der Waals surface area contributed by atoms with Crippen molar-refractivity contribution in [1.82, 2.24) is 15.2 Å². The molecule has 1 saturated heterocycles. The fourth-order valence-electron chi connectivity index (χ4n) is 4.02. The molecule has 28 heavy (non-hydrogen) atoms. The Balaban J connectivity index is 1.28. The molecule has 1 aliphatic rings. The first-order valence-electron chi connectivity index (χ1n) is 9.78. The zero-order valence-electron chi connectivity index (χ0n) is 15.8. The van der Waals surface area contributed by atoms with E-state index in [4.69, 9.17) is 4.42 Å². The zero-order chi connectivity index (χ0) is 19.4. The Morgan fingerprint density at radius 2 is 2.11 bits per heavy atom. The van der Waals surface area contributed by atoms with Gasteiger partial charge in [-0.25, -0.2) is 0 Å². The van der Waals surface area contributed by atoms with E-state index in [9.17, 15) is 9.59 Å². The van der Waals surface area contributed by atoms with E-state index in [1.54, 1.807) is 6.26 Å². The van der Waals surface area contributed by atoms with Crippen molar-refractivity contribution in [2.24, 2.45) is 0 Å². The van der Waals surface area contributed by atoms with E-state index in [1.165, 1.54) is 10.9 Å². The van der Waals surface area contributed by atoms with Crippen molar-refractivity contribution in [2.45, 2.75) is 44.2 Å². The standard InChI is InChI=1S/C22H25N3O3/c26-20(23-12-14-25-13-9-17-4-1-2-6-19(17)25)7-10-22(11-8-21(27)24-22)16-18-5-3-15-28-18/h1-6,9,13,15H,7-8,10-12,14,16H2,(H,23,26)(H,24,27)/t22-/m0/s1. The molecule has 0 unspecified atom stereocenters. The van der Waals surface area contributed by atoms with Crippen molar-refractivity contribution in [3.05, 3.63) is 60.7 Å². The van der Waals surface area contributed by atoms with Gasteiger partial charge in [0, 0.05) is 49.6 Å². The van der Waals surface area contributed by atoms with Gasteiger partial charge in [0.15, 0.2) is 0 Å². The van der Waals surface area contributed by atoms with Gasteiger partial charge in [0.1, 0.15) is 5.76 Å². The van der Waals surface area contributed by atoms with Gasteiger partial charge in [0.2, 0.25) is 11.8 Å². The highest BCUT2D eigenvalue weighted by Crippen LogP contribution is 2.29. The van der Waals surface area contributed by atoms with Crippen molar-refractivity contribution >= 4 is 22.7 Å². The van der Waals surface area contributed by atoms with Crippen LogP contribution in [0, 0.1) is 0 Å². The molecule has 1 aliphatic heterocycles. The summed E-state index contributed by atoms with van der Waals surface area (Å²) in [5, 5.41) is 7.28. The fraction of sp³-hybridized carbons (Fsp3) is 0.364. The van der Waals surface area contributed by atoms with Gasteiger partial charge in [-0.05, 0) is 42.5 Å². The van der Waals surface area contributed by atoms with Crippen LogP contribution in [0.3, 0.4) is 0 Å². The summed E-state index contributed by atoms with van der Waals surface area (Å²) in [6, 6.07) is 14.0. The number of nitrogens with one attached hydrogen (secondary N) is 2. The SMILES string of the molecule is O=C(CC[C@@]1(Cc2ccco2)CCC(=O)N1)NCCn1ccc2ccccc21. The first kappa shape index (κ1) is 18.3. The Hall–Kier alpha value is -3.02. The minimum atomic E-state index is -0.386.